The van der Waals surface area contributed by atoms with Gasteiger partial charge in [-0.2, -0.15) is 0 Å². The van der Waals surface area contributed by atoms with Crippen LogP contribution < -0.4 is 11.1 Å². The van der Waals surface area contributed by atoms with E-state index in [4.69, 9.17) is 5.73 Å². The average molecular weight is 268 g/mol. The third kappa shape index (κ3) is 5.94. The monoisotopic (exact) mass is 268 g/mol. The van der Waals surface area contributed by atoms with Crippen molar-refractivity contribution in [2.45, 2.75) is 78.8 Å². The minimum atomic E-state index is -0.0312. The molecule has 3 heteroatoms. The van der Waals surface area contributed by atoms with Gasteiger partial charge in [0.2, 0.25) is 5.91 Å². The van der Waals surface area contributed by atoms with Gasteiger partial charge in [-0.05, 0) is 30.1 Å². The summed E-state index contributed by atoms with van der Waals surface area (Å²) in [7, 11) is 0. The predicted octanol–water partition coefficient (Wildman–Crippen LogP) is 3.08. The minimum absolute atomic E-state index is 0.0312. The fraction of sp³-hybridized carbons (Fsp3) is 0.938. The maximum Gasteiger partial charge on any atom is 0.221 e. The molecule has 0 aromatic rings. The molecule has 0 aliphatic heterocycles. The zero-order valence-electron chi connectivity index (χ0n) is 13.3. The number of nitrogens with two attached hydrogens (primary N) is 1. The molecule has 0 saturated heterocycles. The molecule has 1 amide bonds. The Bertz CT molecular complexity index is 296. The van der Waals surface area contributed by atoms with E-state index in [0.29, 0.717) is 24.3 Å². The van der Waals surface area contributed by atoms with Crippen molar-refractivity contribution in [3.05, 3.63) is 0 Å². The average Bonchev–Trinajstić information content (AvgIpc) is 2.21. The highest BCUT2D eigenvalue weighted by Gasteiger charge is 2.28. The molecule has 1 aliphatic rings. The van der Waals surface area contributed by atoms with Crippen molar-refractivity contribution >= 4 is 5.91 Å². The summed E-state index contributed by atoms with van der Waals surface area (Å²) in [6.07, 6.45) is 4.97. The van der Waals surface area contributed by atoms with Gasteiger partial charge in [0.1, 0.15) is 0 Å². The van der Waals surface area contributed by atoms with Crippen LogP contribution in [0.3, 0.4) is 0 Å². The van der Waals surface area contributed by atoms with E-state index < -0.39 is 0 Å². The molecule has 112 valence electrons. The van der Waals surface area contributed by atoms with Crippen molar-refractivity contribution in [3.63, 3.8) is 0 Å². The summed E-state index contributed by atoms with van der Waals surface area (Å²) < 4.78 is 0. The van der Waals surface area contributed by atoms with Gasteiger partial charge >= 0.3 is 0 Å². The number of carbonyl (C=O) groups is 1. The van der Waals surface area contributed by atoms with Crippen LogP contribution >= 0.6 is 0 Å². The van der Waals surface area contributed by atoms with Gasteiger partial charge in [0.05, 0.1) is 0 Å². The molecular formula is C16H32N2O. The minimum Gasteiger partial charge on any atom is -0.353 e. The lowest BCUT2D eigenvalue weighted by molar-refractivity contribution is -0.123. The fourth-order valence-corrected chi connectivity index (χ4v) is 3.15. The van der Waals surface area contributed by atoms with Crippen molar-refractivity contribution in [2.24, 2.45) is 23.0 Å². The van der Waals surface area contributed by atoms with E-state index in [0.717, 1.165) is 12.8 Å². The number of carbonyl (C=O) groups excluding carboxylic acids is 1. The number of hydrogen-bond acceptors (Lipinski definition) is 2. The van der Waals surface area contributed by atoms with Gasteiger partial charge in [0.15, 0.2) is 0 Å². The Labute approximate surface area is 118 Å². The summed E-state index contributed by atoms with van der Waals surface area (Å²) in [6.45, 7) is 11.0. The Morgan fingerprint density at radius 1 is 1.32 bits per heavy atom. The van der Waals surface area contributed by atoms with E-state index in [1.54, 1.807) is 0 Å². The molecule has 0 bridgehead atoms. The standard InChI is InChI=1S/C16H32N2O/c1-11-7-6-8-14(12(11)2)18-15(19)9-13(17)10-16(3,4)5/h11-14H,6-10,17H2,1-5H3,(H,18,19). The van der Waals surface area contributed by atoms with Gasteiger partial charge in [-0.15, -0.1) is 0 Å². The first-order valence-corrected chi connectivity index (χ1v) is 7.74. The van der Waals surface area contributed by atoms with Crippen molar-refractivity contribution in [1.82, 2.24) is 5.32 Å². The highest BCUT2D eigenvalue weighted by molar-refractivity contribution is 5.76. The molecule has 0 spiro atoms. The molecule has 4 unspecified atom stereocenters. The first-order chi connectivity index (χ1) is 8.69. The van der Waals surface area contributed by atoms with Crippen molar-refractivity contribution in [3.8, 4) is 0 Å². The third-order valence-electron chi connectivity index (χ3n) is 4.38. The maximum atomic E-state index is 12.1. The molecule has 1 fully saturated rings. The van der Waals surface area contributed by atoms with E-state index in [-0.39, 0.29) is 17.4 Å². The molecule has 3 N–H and O–H groups in total. The van der Waals surface area contributed by atoms with Crippen LogP contribution in [-0.4, -0.2) is 18.0 Å². The largest absolute Gasteiger partial charge is 0.353 e. The zero-order valence-corrected chi connectivity index (χ0v) is 13.3. The van der Waals surface area contributed by atoms with E-state index in [9.17, 15) is 4.79 Å². The summed E-state index contributed by atoms with van der Waals surface area (Å²) in [5, 5.41) is 3.20. The molecule has 0 heterocycles. The molecule has 1 saturated carbocycles. The summed E-state index contributed by atoms with van der Waals surface area (Å²) >= 11 is 0. The SMILES string of the molecule is CC1CCCC(NC(=O)CC(N)CC(C)(C)C)C1C. The van der Waals surface area contributed by atoms with Crippen molar-refractivity contribution in [1.29, 1.82) is 0 Å². The van der Waals surface area contributed by atoms with E-state index in [2.05, 4.69) is 39.9 Å². The lowest BCUT2D eigenvalue weighted by Gasteiger charge is -2.35. The van der Waals surface area contributed by atoms with Gasteiger partial charge in [-0.1, -0.05) is 47.5 Å². The molecule has 1 aliphatic carbocycles. The molecule has 1 rings (SSSR count). The molecule has 4 atom stereocenters. The first kappa shape index (κ1) is 16.5. The quantitative estimate of drug-likeness (QED) is 0.823. The van der Waals surface area contributed by atoms with Crippen LogP contribution in [0.1, 0.15) is 66.7 Å². The van der Waals surface area contributed by atoms with Gasteiger partial charge in [-0.3, -0.25) is 4.79 Å². The first-order valence-electron chi connectivity index (χ1n) is 7.74. The Balaban J connectivity index is 2.38. The van der Waals surface area contributed by atoms with E-state index in [1.165, 1.54) is 12.8 Å². The second-order valence-corrected chi connectivity index (χ2v) is 7.67. The summed E-state index contributed by atoms with van der Waals surface area (Å²) in [5.74, 6) is 1.42. The Morgan fingerprint density at radius 3 is 2.53 bits per heavy atom. The highest BCUT2D eigenvalue weighted by atomic mass is 16.1. The number of hydrogen-bond donors (Lipinski definition) is 2. The summed E-state index contributed by atoms with van der Waals surface area (Å²) in [5.41, 5.74) is 6.25. The lowest BCUT2D eigenvalue weighted by Crippen LogP contribution is -2.45. The van der Waals surface area contributed by atoms with Gasteiger partial charge in [0.25, 0.3) is 0 Å². The predicted molar refractivity (Wildman–Crippen MR) is 80.8 cm³/mol. The fourth-order valence-electron chi connectivity index (χ4n) is 3.15. The molecule has 3 nitrogen and oxygen atoms in total. The number of amides is 1. The second-order valence-electron chi connectivity index (χ2n) is 7.67. The van der Waals surface area contributed by atoms with Crippen LogP contribution in [0.2, 0.25) is 0 Å². The normalized spacial score (nSPS) is 29.9. The smallest absolute Gasteiger partial charge is 0.221 e. The van der Waals surface area contributed by atoms with E-state index >= 15 is 0 Å². The third-order valence-corrected chi connectivity index (χ3v) is 4.38. The molecule has 19 heavy (non-hydrogen) atoms. The second kappa shape index (κ2) is 6.74. The summed E-state index contributed by atoms with van der Waals surface area (Å²) in [4.78, 5) is 12.1. The van der Waals surface area contributed by atoms with E-state index in [1.807, 2.05) is 0 Å². The van der Waals surface area contributed by atoms with Crippen LogP contribution in [0.5, 0.6) is 0 Å². The molecule has 0 aromatic heterocycles. The van der Waals surface area contributed by atoms with Gasteiger partial charge in [-0.25, -0.2) is 0 Å². The Kier molecular flexibility index (Phi) is 5.84. The Morgan fingerprint density at radius 2 is 1.95 bits per heavy atom. The van der Waals surface area contributed by atoms with Crippen LogP contribution in [0.25, 0.3) is 0 Å². The number of rotatable bonds is 4. The lowest BCUT2D eigenvalue weighted by atomic mass is 9.78. The van der Waals surface area contributed by atoms with Crippen LogP contribution in [0.4, 0.5) is 0 Å². The zero-order chi connectivity index (χ0) is 14.6. The molecule has 0 aromatic carbocycles. The van der Waals surface area contributed by atoms with Gasteiger partial charge in [0, 0.05) is 18.5 Å². The summed E-state index contributed by atoms with van der Waals surface area (Å²) in [6, 6.07) is 0.314. The topological polar surface area (TPSA) is 55.1 Å². The van der Waals surface area contributed by atoms with Gasteiger partial charge < -0.3 is 11.1 Å². The molecular weight excluding hydrogens is 236 g/mol. The van der Waals surface area contributed by atoms with Crippen molar-refractivity contribution < 1.29 is 4.79 Å². The maximum absolute atomic E-state index is 12.1. The van der Waals surface area contributed by atoms with Crippen LogP contribution in [-0.2, 0) is 4.79 Å². The highest BCUT2D eigenvalue weighted by Crippen LogP contribution is 2.29. The molecule has 0 radical (unpaired) electrons. The Hall–Kier alpha value is -0.570. The van der Waals surface area contributed by atoms with Crippen LogP contribution in [0.15, 0.2) is 0 Å². The number of nitrogens with one attached hydrogen (secondary N) is 1. The van der Waals surface area contributed by atoms with Crippen molar-refractivity contribution in [2.75, 3.05) is 0 Å². The van der Waals surface area contributed by atoms with Crippen LogP contribution in [0, 0.1) is 17.3 Å².